The molecule has 266 valence electrons. The maximum absolute atomic E-state index is 2.64. The van der Waals surface area contributed by atoms with Gasteiger partial charge in [0.1, 0.15) is 0 Å². The summed E-state index contributed by atoms with van der Waals surface area (Å²) in [6.07, 6.45) is 4.15. The van der Waals surface area contributed by atoms with Crippen LogP contribution in [-0.2, 0) is 29.3 Å². The van der Waals surface area contributed by atoms with Gasteiger partial charge in [-0.2, -0.15) is 0 Å². The van der Waals surface area contributed by atoms with Crippen LogP contribution in [0.4, 0.5) is 22.7 Å². The molecule has 0 saturated carbocycles. The van der Waals surface area contributed by atoms with Crippen LogP contribution < -0.4 is 9.80 Å². The monoisotopic (exact) mass is 692 g/mol. The van der Waals surface area contributed by atoms with Crippen LogP contribution in [0.15, 0.2) is 121 Å². The molecule has 0 fully saturated rings. The maximum Gasteiger partial charge on any atom is 0.0743 e. The average molecular weight is 693 g/mol. The first kappa shape index (κ1) is 33.7. The van der Waals surface area contributed by atoms with Crippen molar-refractivity contribution < 1.29 is 0 Å². The molecule has 6 aromatic rings. The molecule has 0 N–H and O–H groups in total. The van der Waals surface area contributed by atoms with E-state index in [1.54, 1.807) is 0 Å². The molecule has 0 bridgehead atoms. The Morgan fingerprint density at radius 2 is 0.698 bits per heavy atom. The highest BCUT2D eigenvalue weighted by Crippen LogP contribution is 2.60. The number of benzene rings is 6. The van der Waals surface area contributed by atoms with Gasteiger partial charge < -0.3 is 9.80 Å². The summed E-state index contributed by atoms with van der Waals surface area (Å²) >= 11 is 0. The summed E-state index contributed by atoms with van der Waals surface area (Å²) < 4.78 is 0. The molecule has 6 aromatic carbocycles. The number of hydrogen-bond donors (Lipinski definition) is 0. The van der Waals surface area contributed by atoms with E-state index in [2.05, 4.69) is 187 Å². The fourth-order valence-electron chi connectivity index (χ4n) is 10.1. The number of rotatable bonds is 8. The van der Waals surface area contributed by atoms with Crippen LogP contribution in [0.5, 0.6) is 0 Å². The zero-order valence-corrected chi connectivity index (χ0v) is 32.8. The van der Waals surface area contributed by atoms with E-state index in [0.717, 1.165) is 25.7 Å². The predicted molar refractivity (Wildman–Crippen MR) is 224 cm³/mol. The molecular weight excluding hydrogens is 641 g/mol. The van der Waals surface area contributed by atoms with Crippen LogP contribution in [0.3, 0.4) is 0 Å². The van der Waals surface area contributed by atoms with Crippen molar-refractivity contribution in [1.29, 1.82) is 0 Å². The molecule has 2 nitrogen and oxygen atoms in total. The summed E-state index contributed by atoms with van der Waals surface area (Å²) in [7, 11) is 0. The largest absolute Gasteiger partial charge is 0.331 e. The first-order valence-electron chi connectivity index (χ1n) is 19.7. The number of aryl methyl sites for hydroxylation is 4. The molecule has 2 atom stereocenters. The molecule has 0 radical (unpaired) electrons. The fourth-order valence-corrected chi connectivity index (χ4v) is 10.1. The minimum Gasteiger partial charge on any atom is -0.331 e. The second kappa shape index (κ2) is 12.0. The lowest BCUT2D eigenvalue weighted by molar-refractivity contribution is 0.362. The third-order valence-electron chi connectivity index (χ3n) is 13.3. The molecule has 0 heterocycles. The quantitative estimate of drug-likeness (QED) is 0.157. The summed E-state index contributed by atoms with van der Waals surface area (Å²) in [5.41, 5.74) is 21.7. The second-order valence-electron chi connectivity index (χ2n) is 16.9. The predicted octanol–water partition coefficient (Wildman–Crippen LogP) is 13.2. The van der Waals surface area contributed by atoms with Gasteiger partial charge in [-0.25, -0.2) is 0 Å². The Kier molecular flexibility index (Phi) is 7.62. The van der Waals surface area contributed by atoms with Crippen molar-refractivity contribution in [2.75, 3.05) is 9.80 Å². The average Bonchev–Trinajstić information content (AvgIpc) is 3.35. The number of fused-ring (bicyclic) bond motifs is 5. The van der Waals surface area contributed by atoms with Gasteiger partial charge in [0.2, 0.25) is 0 Å². The molecule has 0 spiro atoms. The van der Waals surface area contributed by atoms with Gasteiger partial charge in [0.05, 0.1) is 11.1 Å². The second-order valence-corrected chi connectivity index (χ2v) is 16.9. The Morgan fingerprint density at radius 1 is 0.415 bits per heavy atom. The zero-order chi connectivity index (χ0) is 36.9. The van der Waals surface area contributed by atoms with E-state index in [1.807, 2.05) is 0 Å². The van der Waals surface area contributed by atoms with Gasteiger partial charge in [-0.3, -0.25) is 0 Å². The van der Waals surface area contributed by atoms with E-state index < -0.39 is 0 Å². The molecule has 0 amide bonds. The Hall–Kier alpha value is -5.08. The lowest BCUT2D eigenvalue weighted by Gasteiger charge is -2.53. The Balaban J connectivity index is 1.15. The Morgan fingerprint density at radius 3 is 0.962 bits per heavy atom. The molecule has 2 heteroatoms. The fraction of sp³-hybridized carbons (Fsp3) is 0.294. The van der Waals surface area contributed by atoms with Crippen molar-refractivity contribution in [1.82, 2.24) is 0 Å². The van der Waals surface area contributed by atoms with Crippen molar-refractivity contribution in [2.24, 2.45) is 0 Å². The van der Waals surface area contributed by atoms with Crippen molar-refractivity contribution in [3.63, 3.8) is 0 Å². The summed E-state index contributed by atoms with van der Waals surface area (Å²) in [5.74, 6) is 0. The van der Waals surface area contributed by atoms with Crippen molar-refractivity contribution in [2.45, 2.75) is 97.6 Å². The van der Waals surface area contributed by atoms with Gasteiger partial charge in [-0.15, -0.1) is 0 Å². The minimum atomic E-state index is -0.115. The number of nitrogens with zero attached hydrogens (tertiary/aromatic N) is 2. The Bertz CT molecular complexity index is 2100. The lowest BCUT2D eigenvalue weighted by Crippen LogP contribution is -2.51. The van der Waals surface area contributed by atoms with Gasteiger partial charge in [-0.05, 0) is 134 Å². The molecule has 3 aliphatic carbocycles. The molecule has 0 aromatic heterocycles. The number of hydrogen-bond acceptors (Lipinski definition) is 2. The standard InChI is InChI=1S/C51H52N2/c1-9-50(52(39-19-11-33(3)12-20-39)40-21-13-34(4)14-22-40)31-37-27-43-44-28-38-32-51(10-2,46(38)30-48(44)49(7,8)47(43)29-45(37)50)53(41-23-15-35(5)16-24-41)42-25-17-36(6)18-26-42/h11-30H,9-10,31-32H2,1-8H3. The topological polar surface area (TPSA) is 6.48 Å². The van der Waals surface area contributed by atoms with Gasteiger partial charge >= 0.3 is 0 Å². The van der Waals surface area contributed by atoms with E-state index in [9.17, 15) is 0 Å². The smallest absolute Gasteiger partial charge is 0.0743 e. The van der Waals surface area contributed by atoms with Crippen LogP contribution in [-0.4, -0.2) is 0 Å². The molecule has 53 heavy (non-hydrogen) atoms. The van der Waals surface area contributed by atoms with Crippen LogP contribution in [0.1, 0.15) is 96.2 Å². The zero-order valence-electron chi connectivity index (χ0n) is 32.8. The third kappa shape index (κ3) is 4.91. The lowest BCUT2D eigenvalue weighted by atomic mass is 9.65. The molecule has 9 rings (SSSR count). The maximum atomic E-state index is 2.64. The molecule has 0 saturated heterocycles. The van der Waals surface area contributed by atoms with Crippen LogP contribution in [0.2, 0.25) is 0 Å². The first-order chi connectivity index (χ1) is 25.5. The van der Waals surface area contributed by atoms with Crippen molar-refractivity contribution in [3.8, 4) is 11.1 Å². The third-order valence-corrected chi connectivity index (χ3v) is 13.3. The molecule has 3 aliphatic rings. The number of anilines is 4. The SMILES string of the molecule is CCC1(N(c2ccc(C)cc2)c2ccc(C)cc2)Cc2cc3c(cc21)C(C)(C)c1cc2c(cc1-3)CC2(CC)N(c1ccc(C)cc1)c1ccc(C)cc1. The van der Waals surface area contributed by atoms with Crippen LogP contribution in [0.25, 0.3) is 11.1 Å². The summed E-state index contributed by atoms with van der Waals surface area (Å²) in [6, 6.07) is 46.9. The highest BCUT2D eigenvalue weighted by atomic mass is 15.2. The van der Waals surface area contributed by atoms with Crippen LogP contribution in [0, 0.1) is 27.7 Å². The molecule has 0 aliphatic heterocycles. The van der Waals surface area contributed by atoms with Gasteiger partial charge in [0.15, 0.2) is 0 Å². The summed E-state index contributed by atoms with van der Waals surface area (Å²) in [5, 5.41) is 0. The molecular formula is C51H52N2. The summed E-state index contributed by atoms with van der Waals surface area (Å²) in [6.45, 7) is 18.4. The van der Waals surface area contributed by atoms with E-state index >= 15 is 0 Å². The Labute approximate surface area is 317 Å². The van der Waals surface area contributed by atoms with E-state index in [0.29, 0.717) is 0 Å². The van der Waals surface area contributed by atoms with Gasteiger partial charge in [0, 0.05) is 41.0 Å². The first-order valence-corrected chi connectivity index (χ1v) is 19.7. The van der Waals surface area contributed by atoms with Gasteiger partial charge in [-0.1, -0.05) is 123 Å². The van der Waals surface area contributed by atoms with Crippen molar-refractivity contribution in [3.05, 3.63) is 177 Å². The molecule has 2 unspecified atom stereocenters. The highest BCUT2D eigenvalue weighted by molar-refractivity contribution is 5.86. The van der Waals surface area contributed by atoms with E-state index in [4.69, 9.17) is 0 Å². The minimum absolute atomic E-state index is 0.107. The normalized spacial score (nSPS) is 20.0. The van der Waals surface area contributed by atoms with E-state index in [-0.39, 0.29) is 16.5 Å². The van der Waals surface area contributed by atoms with Crippen molar-refractivity contribution >= 4 is 22.7 Å². The van der Waals surface area contributed by atoms with E-state index in [1.165, 1.54) is 89.5 Å². The summed E-state index contributed by atoms with van der Waals surface area (Å²) in [4.78, 5) is 5.28. The van der Waals surface area contributed by atoms with Gasteiger partial charge in [0.25, 0.3) is 0 Å². The van der Waals surface area contributed by atoms with Crippen LogP contribution >= 0.6 is 0 Å². The highest BCUT2D eigenvalue weighted by Gasteiger charge is 2.52.